The number of carbonyl (C=O) groups is 2. The maximum absolute atomic E-state index is 12.4. The Morgan fingerprint density at radius 2 is 2.00 bits per heavy atom. The molecule has 0 saturated carbocycles. The molecule has 0 N–H and O–H groups in total. The number of benzene rings is 1. The summed E-state index contributed by atoms with van der Waals surface area (Å²) in [6, 6.07) is 9.18. The summed E-state index contributed by atoms with van der Waals surface area (Å²) in [5.41, 5.74) is 3.13. The van der Waals surface area contributed by atoms with E-state index in [1.165, 1.54) is 23.3 Å². The molecule has 0 spiro atoms. The number of carbonyl (C=O) groups excluding carboxylic acids is 2. The fourth-order valence-electron chi connectivity index (χ4n) is 2.79. The molecule has 0 unspecified atom stereocenters. The van der Waals surface area contributed by atoms with Gasteiger partial charge >= 0.3 is 5.97 Å². The van der Waals surface area contributed by atoms with Gasteiger partial charge in [0, 0.05) is 11.6 Å². The molecule has 1 heterocycles. The second-order valence-corrected chi connectivity index (χ2v) is 6.54. The number of hydrogen-bond acceptors (Lipinski definition) is 4. The molecular formula is C19H17BrO4. The Bertz CT molecular complexity index is 803. The molecule has 0 aliphatic heterocycles. The predicted molar refractivity (Wildman–Crippen MR) is 93.8 cm³/mol. The summed E-state index contributed by atoms with van der Waals surface area (Å²) in [6.07, 6.45) is 5.13. The van der Waals surface area contributed by atoms with Gasteiger partial charge in [-0.3, -0.25) is 4.79 Å². The van der Waals surface area contributed by atoms with E-state index in [0.717, 1.165) is 19.3 Å². The highest BCUT2D eigenvalue weighted by atomic mass is 79.9. The van der Waals surface area contributed by atoms with E-state index >= 15 is 0 Å². The number of aryl methyl sites for hydroxylation is 2. The van der Waals surface area contributed by atoms with Crippen molar-refractivity contribution < 1.29 is 18.7 Å². The third kappa shape index (κ3) is 3.85. The molecule has 2 aromatic rings. The van der Waals surface area contributed by atoms with Crippen molar-refractivity contribution in [1.82, 2.24) is 0 Å². The SMILES string of the molecule is C[C@H](OC(=O)/C=C/c1ccc(Br)o1)C(=O)c1ccc2c(c1)CCC2. The van der Waals surface area contributed by atoms with E-state index in [2.05, 4.69) is 15.9 Å². The Kier molecular flexibility index (Phi) is 5.00. The van der Waals surface area contributed by atoms with Gasteiger partial charge in [0.05, 0.1) is 0 Å². The maximum atomic E-state index is 12.4. The lowest BCUT2D eigenvalue weighted by atomic mass is 10.0. The van der Waals surface area contributed by atoms with Crippen LogP contribution in [0, 0.1) is 0 Å². The summed E-state index contributed by atoms with van der Waals surface area (Å²) >= 11 is 3.18. The number of ether oxygens (including phenoxy) is 1. The topological polar surface area (TPSA) is 56.5 Å². The average molecular weight is 389 g/mol. The zero-order valence-corrected chi connectivity index (χ0v) is 14.8. The van der Waals surface area contributed by atoms with Crippen LogP contribution in [-0.2, 0) is 22.4 Å². The second-order valence-electron chi connectivity index (χ2n) is 5.76. The van der Waals surface area contributed by atoms with Gasteiger partial charge in [0.2, 0.25) is 5.78 Å². The summed E-state index contributed by atoms with van der Waals surface area (Å²) in [7, 11) is 0. The van der Waals surface area contributed by atoms with Gasteiger partial charge in [-0.15, -0.1) is 0 Å². The van der Waals surface area contributed by atoms with Crippen molar-refractivity contribution >= 4 is 33.8 Å². The van der Waals surface area contributed by atoms with Crippen molar-refractivity contribution in [2.45, 2.75) is 32.3 Å². The van der Waals surface area contributed by atoms with Gasteiger partial charge in [0.25, 0.3) is 0 Å². The van der Waals surface area contributed by atoms with Crippen molar-refractivity contribution in [3.05, 3.63) is 63.5 Å². The van der Waals surface area contributed by atoms with Crippen LogP contribution < -0.4 is 0 Å². The van der Waals surface area contributed by atoms with Crippen LogP contribution in [0.25, 0.3) is 6.08 Å². The Labute approximate surface area is 148 Å². The van der Waals surface area contributed by atoms with Crippen molar-refractivity contribution in [3.63, 3.8) is 0 Å². The maximum Gasteiger partial charge on any atom is 0.331 e. The van der Waals surface area contributed by atoms with E-state index in [0.29, 0.717) is 16.0 Å². The molecule has 4 nitrogen and oxygen atoms in total. The highest BCUT2D eigenvalue weighted by Crippen LogP contribution is 2.23. The van der Waals surface area contributed by atoms with Gasteiger partial charge in [-0.05, 0) is 77.5 Å². The monoisotopic (exact) mass is 388 g/mol. The van der Waals surface area contributed by atoms with Crippen LogP contribution in [0.3, 0.4) is 0 Å². The number of rotatable bonds is 5. The fourth-order valence-corrected chi connectivity index (χ4v) is 3.11. The van der Waals surface area contributed by atoms with E-state index in [9.17, 15) is 9.59 Å². The summed E-state index contributed by atoms with van der Waals surface area (Å²) in [5.74, 6) is -0.242. The lowest BCUT2D eigenvalue weighted by molar-refractivity contribution is -0.140. The van der Waals surface area contributed by atoms with Gasteiger partial charge in [-0.1, -0.05) is 12.1 Å². The molecule has 1 aliphatic carbocycles. The van der Waals surface area contributed by atoms with Crippen LogP contribution in [-0.4, -0.2) is 17.9 Å². The molecule has 124 valence electrons. The molecule has 0 fully saturated rings. The number of Topliss-reactive ketones (excluding diaryl/α,β-unsaturated/α-hetero) is 1. The zero-order valence-electron chi connectivity index (χ0n) is 13.3. The molecule has 1 aliphatic rings. The van der Waals surface area contributed by atoms with E-state index in [1.54, 1.807) is 19.1 Å². The smallest absolute Gasteiger partial charge is 0.331 e. The Morgan fingerprint density at radius 3 is 2.75 bits per heavy atom. The summed E-state index contributed by atoms with van der Waals surface area (Å²) < 4.78 is 11.0. The first-order chi connectivity index (χ1) is 11.5. The Balaban J connectivity index is 1.61. The van der Waals surface area contributed by atoms with E-state index in [-0.39, 0.29) is 5.78 Å². The number of fused-ring (bicyclic) bond motifs is 1. The lowest BCUT2D eigenvalue weighted by Crippen LogP contribution is -2.23. The quantitative estimate of drug-likeness (QED) is 0.433. The van der Waals surface area contributed by atoms with Gasteiger partial charge in [-0.2, -0.15) is 0 Å². The summed E-state index contributed by atoms with van der Waals surface area (Å²) in [6.45, 7) is 1.59. The van der Waals surface area contributed by atoms with Crippen molar-refractivity contribution in [1.29, 1.82) is 0 Å². The predicted octanol–water partition coefficient (Wildman–Crippen LogP) is 4.36. The largest absolute Gasteiger partial charge is 0.451 e. The first kappa shape index (κ1) is 16.7. The van der Waals surface area contributed by atoms with Gasteiger partial charge in [0.15, 0.2) is 10.8 Å². The Morgan fingerprint density at radius 1 is 1.21 bits per heavy atom. The minimum atomic E-state index is -0.829. The molecule has 0 radical (unpaired) electrons. The van der Waals surface area contributed by atoms with Gasteiger partial charge < -0.3 is 9.15 Å². The van der Waals surface area contributed by atoms with Crippen molar-refractivity contribution in [3.8, 4) is 0 Å². The molecule has 0 saturated heterocycles. The van der Waals surface area contributed by atoms with Crippen LogP contribution in [0.15, 0.2) is 45.5 Å². The summed E-state index contributed by atoms with van der Waals surface area (Å²) in [5, 5.41) is 0. The molecule has 0 amide bonds. The number of esters is 1. The standard InChI is InChI=1S/C19H17BrO4/c1-12(23-18(21)10-8-16-7-9-17(20)24-16)19(22)15-6-5-13-3-2-4-14(13)11-15/h5-12H,2-4H2,1H3/b10-8+/t12-/m0/s1. The van der Waals surface area contributed by atoms with Crippen molar-refractivity contribution in [2.75, 3.05) is 0 Å². The minimum Gasteiger partial charge on any atom is -0.451 e. The highest BCUT2D eigenvalue weighted by Gasteiger charge is 2.20. The van der Waals surface area contributed by atoms with Crippen LogP contribution in [0.2, 0.25) is 0 Å². The highest BCUT2D eigenvalue weighted by molar-refractivity contribution is 9.10. The molecule has 24 heavy (non-hydrogen) atoms. The van der Waals surface area contributed by atoms with E-state index < -0.39 is 12.1 Å². The summed E-state index contributed by atoms with van der Waals surface area (Å²) in [4.78, 5) is 24.3. The molecule has 1 atom stereocenters. The minimum absolute atomic E-state index is 0.188. The molecule has 1 aromatic carbocycles. The fraction of sp³-hybridized carbons (Fsp3) is 0.263. The Hall–Kier alpha value is -2.14. The van der Waals surface area contributed by atoms with Crippen LogP contribution >= 0.6 is 15.9 Å². The van der Waals surface area contributed by atoms with Crippen LogP contribution in [0.5, 0.6) is 0 Å². The molecule has 5 heteroatoms. The third-order valence-electron chi connectivity index (χ3n) is 4.02. The van der Waals surface area contributed by atoms with Crippen LogP contribution in [0.1, 0.15) is 40.6 Å². The molecular weight excluding hydrogens is 372 g/mol. The van der Waals surface area contributed by atoms with Gasteiger partial charge in [-0.25, -0.2) is 4.79 Å². The van der Waals surface area contributed by atoms with Crippen molar-refractivity contribution in [2.24, 2.45) is 0 Å². The molecule has 3 rings (SSSR count). The second kappa shape index (κ2) is 7.18. The third-order valence-corrected chi connectivity index (χ3v) is 4.45. The van der Waals surface area contributed by atoms with Gasteiger partial charge in [0.1, 0.15) is 5.76 Å². The van der Waals surface area contributed by atoms with E-state index in [4.69, 9.17) is 9.15 Å². The average Bonchev–Trinajstić information content (AvgIpc) is 3.19. The number of hydrogen-bond donors (Lipinski definition) is 0. The molecule has 0 bridgehead atoms. The number of furan rings is 1. The first-order valence-electron chi connectivity index (χ1n) is 7.83. The molecule has 1 aromatic heterocycles. The zero-order chi connectivity index (χ0) is 17.1. The normalized spacial score (nSPS) is 14.6. The number of halogens is 1. The van der Waals surface area contributed by atoms with E-state index in [1.807, 2.05) is 18.2 Å². The van der Waals surface area contributed by atoms with Crippen LogP contribution in [0.4, 0.5) is 0 Å². The lowest BCUT2D eigenvalue weighted by Gasteiger charge is -2.11. The number of ketones is 1. The first-order valence-corrected chi connectivity index (χ1v) is 8.62.